The van der Waals surface area contributed by atoms with Crippen LogP contribution < -0.4 is 10.6 Å². The second-order valence-electron chi connectivity index (χ2n) is 3.69. The highest BCUT2D eigenvalue weighted by molar-refractivity contribution is 5.54. The topological polar surface area (TPSA) is 29.3 Å². The molecule has 0 atom stereocenters. The van der Waals surface area contributed by atoms with E-state index >= 15 is 0 Å². The first-order chi connectivity index (χ1) is 6.69. The summed E-state index contributed by atoms with van der Waals surface area (Å²) >= 11 is 0. The molecule has 0 saturated heterocycles. The Labute approximate surface area is 86.7 Å². The van der Waals surface area contributed by atoms with Gasteiger partial charge in [0.25, 0.3) is 0 Å². The average molecular weight is 192 g/mol. The summed E-state index contributed by atoms with van der Waals surface area (Å²) in [7, 11) is 2.12. The molecular weight excluding hydrogens is 172 g/mol. The van der Waals surface area contributed by atoms with Gasteiger partial charge in [0.05, 0.1) is 0 Å². The monoisotopic (exact) mass is 192 g/mol. The first kappa shape index (κ1) is 11.1. The van der Waals surface area contributed by atoms with Crippen molar-refractivity contribution in [2.24, 2.45) is 5.73 Å². The maximum absolute atomic E-state index is 5.60. The first-order valence-electron chi connectivity index (χ1n) is 5.19. The van der Waals surface area contributed by atoms with E-state index in [1.165, 1.54) is 16.8 Å². The molecule has 0 amide bonds. The number of aryl methyl sites for hydroxylation is 1. The number of benzene rings is 1. The Morgan fingerprint density at radius 2 is 2.07 bits per heavy atom. The fourth-order valence-corrected chi connectivity index (χ4v) is 1.61. The fourth-order valence-electron chi connectivity index (χ4n) is 1.61. The van der Waals surface area contributed by atoms with E-state index in [1.54, 1.807) is 0 Å². The third-order valence-corrected chi connectivity index (χ3v) is 2.53. The normalized spacial score (nSPS) is 10.3. The maximum atomic E-state index is 5.60. The lowest BCUT2D eigenvalue weighted by atomic mass is 10.1. The van der Waals surface area contributed by atoms with Crippen LogP contribution in [0.4, 0.5) is 5.69 Å². The molecule has 0 aliphatic heterocycles. The molecule has 0 radical (unpaired) electrons. The Balaban J connectivity index is 3.01. The van der Waals surface area contributed by atoms with Crippen molar-refractivity contribution in [1.29, 1.82) is 0 Å². The molecule has 0 aromatic heterocycles. The van der Waals surface area contributed by atoms with Crippen LogP contribution in [0.15, 0.2) is 18.2 Å². The lowest BCUT2D eigenvalue weighted by molar-refractivity contribution is 0.917. The SMILES string of the molecule is CCN(C)c1ccc(C)cc1CCN. The van der Waals surface area contributed by atoms with Crippen LogP contribution in [0.25, 0.3) is 0 Å². The quantitative estimate of drug-likeness (QED) is 0.790. The predicted octanol–water partition coefficient (Wildman–Crippen LogP) is 1.95. The van der Waals surface area contributed by atoms with Gasteiger partial charge < -0.3 is 10.6 Å². The standard InChI is InChI=1S/C12H20N2/c1-4-14(3)12-6-5-10(2)9-11(12)7-8-13/h5-6,9H,4,7-8,13H2,1-3H3. The molecule has 0 saturated carbocycles. The molecule has 1 rings (SSSR count). The lowest BCUT2D eigenvalue weighted by Crippen LogP contribution is -2.18. The zero-order chi connectivity index (χ0) is 10.6. The molecule has 1 aromatic carbocycles. The molecule has 2 nitrogen and oxygen atoms in total. The number of hydrogen-bond acceptors (Lipinski definition) is 2. The van der Waals surface area contributed by atoms with Crippen LogP contribution in [0.3, 0.4) is 0 Å². The smallest absolute Gasteiger partial charge is 0.0396 e. The zero-order valence-electron chi connectivity index (χ0n) is 9.38. The zero-order valence-corrected chi connectivity index (χ0v) is 9.38. The third-order valence-electron chi connectivity index (χ3n) is 2.53. The van der Waals surface area contributed by atoms with Crippen LogP contribution >= 0.6 is 0 Å². The van der Waals surface area contributed by atoms with Crippen molar-refractivity contribution >= 4 is 5.69 Å². The number of nitrogens with two attached hydrogens (primary N) is 1. The number of hydrogen-bond donors (Lipinski definition) is 1. The summed E-state index contributed by atoms with van der Waals surface area (Å²) < 4.78 is 0. The molecule has 0 aliphatic carbocycles. The molecule has 0 unspecified atom stereocenters. The van der Waals surface area contributed by atoms with Gasteiger partial charge in [0.1, 0.15) is 0 Å². The maximum Gasteiger partial charge on any atom is 0.0396 e. The average Bonchev–Trinajstić information content (AvgIpc) is 2.17. The summed E-state index contributed by atoms with van der Waals surface area (Å²) in [5, 5.41) is 0. The molecule has 0 spiro atoms. The van der Waals surface area contributed by atoms with Gasteiger partial charge in [-0.2, -0.15) is 0 Å². The van der Waals surface area contributed by atoms with E-state index in [1.807, 2.05) is 0 Å². The van der Waals surface area contributed by atoms with Crippen LogP contribution in [0.2, 0.25) is 0 Å². The second kappa shape index (κ2) is 5.01. The summed E-state index contributed by atoms with van der Waals surface area (Å²) in [4.78, 5) is 2.25. The van der Waals surface area contributed by atoms with E-state index in [0.29, 0.717) is 6.54 Å². The van der Waals surface area contributed by atoms with Gasteiger partial charge in [-0.1, -0.05) is 17.7 Å². The molecule has 0 heterocycles. The Morgan fingerprint density at radius 1 is 1.36 bits per heavy atom. The second-order valence-corrected chi connectivity index (χ2v) is 3.69. The van der Waals surface area contributed by atoms with E-state index in [9.17, 15) is 0 Å². The van der Waals surface area contributed by atoms with Gasteiger partial charge in [-0.25, -0.2) is 0 Å². The predicted molar refractivity (Wildman–Crippen MR) is 62.9 cm³/mol. The van der Waals surface area contributed by atoms with E-state index in [4.69, 9.17) is 5.73 Å². The highest BCUT2D eigenvalue weighted by Gasteiger charge is 2.05. The number of anilines is 1. The van der Waals surface area contributed by atoms with Gasteiger partial charge in [-0.3, -0.25) is 0 Å². The van der Waals surface area contributed by atoms with Crippen LogP contribution in [0, 0.1) is 6.92 Å². The molecule has 2 heteroatoms. The summed E-state index contributed by atoms with van der Waals surface area (Å²) in [6.07, 6.45) is 0.960. The van der Waals surface area contributed by atoms with Crippen molar-refractivity contribution < 1.29 is 0 Å². The Morgan fingerprint density at radius 3 is 2.64 bits per heavy atom. The van der Waals surface area contributed by atoms with E-state index in [0.717, 1.165) is 13.0 Å². The van der Waals surface area contributed by atoms with Crippen LogP contribution in [0.5, 0.6) is 0 Å². The molecular formula is C12H20N2. The van der Waals surface area contributed by atoms with Crippen LogP contribution in [-0.4, -0.2) is 20.1 Å². The van der Waals surface area contributed by atoms with Gasteiger partial charge in [0.2, 0.25) is 0 Å². The van der Waals surface area contributed by atoms with Gasteiger partial charge in [0, 0.05) is 19.3 Å². The highest BCUT2D eigenvalue weighted by atomic mass is 15.1. The van der Waals surface area contributed by atoms with Gasteiger partial charge in [-0.15, -0.1) is 0 Å². The molecule has 2 N–H and O–H groups in total. The van der Waals surface area contributed by atoms with Gasteiger partial charge in [-0.05, 0) is 38.4 Å². The van der Waals surface area contributed by atoms with Crippen molar-refractivity contribution in [3.05, 3.63) is 29.3 Å². The Kier molecular flexibility index (Phi) is 3.96. The third kappa shape index (κ3) is 2.48. The van der Waals surface area contributed by atoms with Crippen molar-refractivity contribution in [1.82, 2.24) is 0 Å². The van der Waals surface area contributed by atoms with Gasteiger partial charge >= 0.3 is 0 Å². The number of rotatable bonds is 4. The van der Waals surface area contributed by atoms with Crippen LogP contribution in [-0.2, 0) is 6.42 Å². The summed E-state index contributed by atoms with van der Waals surface area (Å²) in [6, 6.07) is 6.57. The summed E-state index contributed by atoms with van der Waals surface area (Å²) in [5.74, 6) is 0. The number of nitrogens with zero attached hydrogens (tertiary/aromatic N) is 1. The molecule has 14 heavy (non-hydrogen) atoms. The Hall–Kier alpha value is -1.02. The van der Waals surface area contributed by atoms with Crippen molar-refractivity contribution in [3.63, 3.8) is 0 Å². The van der Waals surface area contributed by atoms with Crippen molar-refractivity contribution in [2.75, 3.05) is 25.0 Å². The minimum atomic E-state index is 0.716. The van der Waals surface area contributed by atoms with Crippen molar-refractivity contribution in [3.8, 4) is 0 Å². The molecule has 1 aromatic rings. The molecule has 0 aliphatic rings. The molecule has 0 bridgehead atoms. The summed E-state index contributed by atoms with van der Waals surface area (Å²) in [6.45, 7) is 6.02. The van der Waals surface area contributed by atoms with Crippen molar-refractivity contribution in [2.45, 2.75) is 20.3 Å². The fraction of sp³-hybridized carbons (Fsp3) is 0.500. The first-order valence-corrected chi connectivity index (χ1v) is 5.19. The molecule has 78 valence electrons. The van der Waals surface area contributed by atoms with E-state index in [2.05, 4.69) is 44.0 Å². The lowest BCUT2D eigenvalue weighted by Gasteiger charge is -2.21. The Bertz CT molecular complexity index is 294. The van der Waals surface area contributed by atoms with E-state index < -0.39 is 0 Å². The molecule has 0 fully saturated rings. The van der Waals surface area contributed by atoms with Crippen LogP contribution in [0.1, 0.15) is 18.1 Å². The summed E-state index contributed by atoms with van der Waals surface area (Å²) in [5.41, 5.74) is 9.58. The highest BCUT2D eigenvalue weighted by Crippen LogP contribution is 2.20. The minimum absolute atomic E-state index is 0.716. The van der Waals surface area contributed by atoms with Gasteiger partial charge in [0.15, 0.2) is 0 Å². The van der Waals surface area contributed by atoms with E-state index in [-0.39, 0.29) is 0 Å². The largest absolute Gasteiger partial charge is 0.375 e. The minimum Gasteiger partial charge on any atom is -0.375 e.